The van der Waals surface area contributed by atoms with Crippen LogP contribution in [-0.2, 0) is 12.8 Å². The van der Waals surface area contributed by atoms with Crippen LogP contribution >= 0.6 is 0 Å². The largest absolute Gasteiger partial charge is 0.208 e. The standard InChI is InChI=1S/C26H27F/c1-16(2)11-21(12-18(5)27)13-20-7-10-24-22(14-20)8-9-23-15-25(17(3)4)19(6)26(23)24/h7-12,14H,3,5,13,15H2,1-2,4,6H3/b21-12+. The van der Waals surface area contributed by atoms with Crippen LogP contribution in [0.3, 0.4) is 0 Å². The summed E-state index contributed by atoms with van der Waals surface area (Å²) in [6.07, 6.45) is 5.20. The summed E-state index contributed by atoms with van der Waals surface area (Å²) >= 11 is 0. The Hall–Kier alpha value is -2.67. The predicted molar refractivity (Wildman–Crippen MR) is 117 cm³/mol. The van der Waals surface area contributed by atoms with Gasteiger partial charge in [-0.05, 0) is 90.8 Å². The molecule has 1 aliphatic rings. The van der Waals surface area contributed by atoms with E-state index in [2.05, 4.69) is 57.3 Å². The smallest absolute Gasteiger partial charge is 0.116 e. The van der Waals surface area contributed by atoms with Crippen molar-refractivity contribution in [3.63, 3.8) is 0 Å². The molecule has 27 heavy (non-hydrogen) atoms. The molecule has 0 atom stereocenters. The van der Waals surface area contributed by atoms with Crippen LogP contribution < -0.4 is 0 Å². The fourth-order valence-corrected chi connectivity index (χ4v) is 4.02. The van der Waals surface area contributed by atoms with E-state index in [4.69, 9.17) is 0 Å². The Balaban J connectivity index is 2.03. The Morgan fingerprint density at radius 2 is 1.81 bits per heavy atom. The first-order valence-corrected chi connectivity index (χ1v) is 9.36. The summed E-state index contributed by atoms with van der Waals surface area (Å²) in [6, 6.07) is 11.0. The molecule has 2 aromatic rings. The molecule has 2 aromatic carbocycles. The van der Waals surface area contributed by atoms with E-state index in [0.717, 1.165) is 23.1 Å². The highest BCUT2D eigenvalue weighted by molar-refractivity contribution is 5.98. The monoisotopic (exact) mass is 358 g/mol. The van der Waals surface area contributed by atoms with E-state index in [0.29, 0.717) is 6.42 Å². The number of benzene rings is 2. The number of hydrogen-bond acceptors (Lipinski definition) is 0. The number of hydrogen-bond donors (Lipinski definition) is 0. The first-order chi connectivity index (χ1) is 12.8. The van der Waals surface area contributed by atoms with Crippen LogP contribution in [0.25, 0.3) is 16.3 Å². The van der Waals surface area contributed by atoms with Crippen molar-refractivity contribution < 1.29 is 4.39 Å². The molecule has 0 bridgehead atoms. The third-order valence-corrected chi connectivity index (χ3v) is 5.10. The first-order valence-electron chi connectivity index (χ1n) is 9.36. The average molecular weight is 359 g/mol. The van der Waals surface area contributed by atoms with E-state index in [1.54, 1.807) is 0 Å². The summed E-state index contributed by atoms with van der Waals surface area (Å²) in [5, 5.41) is 2.51. The highest BCUT2D eigenvalue weighted by atomic mass is 19.1. The second-order valence-corrected chi connectivity index (χ2v) is 7.78. The second-order valence-electron chi connectivity index (χ2n) is 7.78. The minimum atomic E-state index is -0.408. The summed E-state index contributed by atoms with van der Waals surface area (Å²) in [6.45, 7) is 15.8. The van der Waals surface area contributed by atoms with Crippen LogP contribution in [0.1, 0.15) is 44.4 Å². The lowest BCUT2D eigenvalue weighted by Gasteiger charge is -2.10. The lowest BCUT2D eigenvalue weighted by Crippen LogP contribution is -1.92. The molecule has 0 spiro atoms. The maximum absolute atomic E-state index is 13.3. The van der Waals surface area contributed by atoms with Crippen molar-refractivity contribution in [1.29, 1.82) is 0 Å². The fraction of sp³-hybridized carbons (Fsp3) is 0.231. The van der Waals surface area contributed by atoms with Gasteiger partial charge in [0.05, 0.1) is 0 Å². The van der Waals surface area contributed by atoms with Gasteiger partial charge in [-0.2, -0.15) is 0 Å². The maximum Gasteiger partial charge on any atom is 0.116 e. The zero-order chi connectivity index (χ0) is 19.7. The molecule has 0 unspecified atom stereocenters. The number of fused-ring (bicyclic) bond motifs is 3. The quantitative estimate of drug-likeness (QED) is 0.481. The third kappa shape index (κ3) is 4.03. The van der Waals surface area contributed by atoms with Gasteiger partial charge in [-0.3, -0.25) is 0 Å². The molecule has 0 amide bonds. The van der Waals surface area contributed by atoms with Crippen LogP contribution in [0, 0.1) is 0 Å². The molecule has 0 heterocycles. The summed E-state index contributed by atoms with van der Waals surface area (Å²) in [4.78, 5) is 0. The maximum atomic E-state index is 13.3. The van der Waals surface area contributed by atoms with E-state index >= 15 is 0 Å². The highest BCUT2D eigenvalue weighted by Gasteiger charge is 2.21. The summed E-state index contributed by atoms with van der Waals surface area (Å²) in [7, 11) is 0. The van der Waals surface area contributed by atoms with Crippen molar-refractivity contribution in [2.24, 2.45) is 0 Å². The van der Waals surface area contributed by atoms with E-state index in [-0.39, 0.29) is 0 Å². The minimum Gasteiger partial charge on any atom is -0.208 e. The van der Waals surface area contributed by atoms with Crippen molar-refractivity contribution in [1.82, 2.24) is 0 Å². The van der Waals surface area contributed by atoms with Crippen LogP contribution in [-0.4, -0.2) is 0 Å². The Labute approximate surface area is 162 Å². The predicted octanol–water partition coefficient (Wildman–Crippen LogP) is 7.66. The molecule has 0 aliphatic heterocycles. The Morgan fingerprint density at radius 1 is 1.07 bits per heavy atom. The summed E-state index contributed by atoms with van der Waals surface area (Å²) in [5.41, 5.74) is 9.84. The van der Waals surface area contributed by atoms with Gasteiger partial charge in [-0.1, -0.05) is 60.7 Å². The van der Waals surface area contributed by atoms with Gasteiger partial charge < -0.3 is 0 Å². The van der Waals surface area contributed by atoms with Crippen molar-refractivity contribution in [2.45, 2.75) is 40.5 Å². The van der Waals surface area contributed by atoms with E-state index < -0.39 is 5.83 Å². The van der Waals surface area contributed by atoms with Gasteiger partial charge in [0.2, 0.25) is 0 Å². The molecule has 0 aromatic heterocycles. The van der Waals surface area contributed by atoms with Crippen LogP contribution in [0.15, 0.2) is 83.8 Å². The van der Waals surface area contributed by atoms with Crippen LogP contribution in [0.2, 0.25) is 0 Å². The molecule has 0 fully saturated rings. The Bertz CT molecular complexity index is 1040. The fourth-order valence-electron chi connectivity index (χ4n) is 4.02. The lowest BCUT2D eigenvalue weighted by atomic mass is 9.94. The Kier molecular flexibility index (Phi) is 5.32. The molecular weight excluding hydrogens is 331 g/mol. The molecule has 3 rings (SSSR count). The molecule has 1 heteroatoms. The zero-order valence-corrected chi connectivity index (χ0v) is 16.7. The van der Waals surface area contributed by atoms with Gasteiger partial charge in [0.15, 0.2) is 0 Å². The van der Waals surface area contributed by atoms with E-state index in [1.165, 1.54) is 44.7 Å². The normalized spacial score (nSPS) is 13.7. The SMILES string of the molecule is C=C(F)/C=C(\C=C(C)C)Cc1ccc2c3c(ccc2c1)CC(C(=C)C)=C3C. The summed E-state index contributed by atoms with van der Waals surface area (Å²) < 4.78 is 13.3. The lowest BCUT2D eigenvalue weighted by molar-refractivity contribution is 0.669. The van der Waals surface area contributed by atoms with E-state index in [1.807, 2.05) is 19.9 Å². The molecule has 0 saturated heterocycles. The van der Waals surface area contributed by atoms with Crippen LogP contribution in [0.5, 0.6) is 0 Å². The zero-order valence-electron chi connectivity index (χ0n) is 16.7. The van der Waals surface area contributed by atoms with Gasteiger partial charge in [0.25, 0.3) is 0 Å². The number of rotatable bonds is 5. The molecule has 0 radical (unpaired) electrons. The Morgan fingerprint density at radius 3 is 2.44 bits per heavy atom. The third-order valence-electron chi connectivity index (χ3n) is 5.10. The van der Waals surface area contributed by atoms with Gasteiger partial charge in [0.1, 0.15) is 5.83 Å². The van der Waals surface area contributed by atoms with Crippen LogP contribution in [0.4, 0.5) is 4.39 Å². The number of halogens is 1. The van der Waals surface area contributed by atoms with Crippen molar-refractivity contribution in [3.8, 4) is 0 Å². The second kappa shape index (κ2) is 7.52. The summed E-state index contributed by atoms with van der Waals surface area (Å²) in [5.74, 6) is -0.408. The molecule has 138 valence electrons. The molecule has 0 N–H and O–H groups in total. The van der Waals surface area contributed by atoms with Gasteiger partial charge in [0, 0.05) is 0 Å². The van der Waals surface area contributed by atoms with Crippen molar-refractivity contribution in [3.05, 3.63) is 100 Å². The van der Waals surface area contributed by atoms with Crippen molar-refractivity contribution in [2.75, 3.05) is 0 Å². The molecule has 0 saturated carbocycles. The molecular formula is C26H27F. The average Bonchev–Trinajstić information content (AvgIpc) is 2.91. The van der Waals surface area contributed by atoms with Gasteiger partial charge in [-0.25, -0.2) is 4.39 Å². The molecule has 1 aliphatic carbocycles. The minimum absolute atomic E-state index is 0.408. The van der Waals surface area contributed by atoms with Gasteiger partial charge in [-0.15, -0.1) is 0 Å². The highest BCUT2D eigenvalue weighted by Crippen LogP contribution is 2.40. The van der Waals surface area contributed by atoms with Crippen molar-refractivity contribution >= 4 is 16.3 Å². The van der Waals surface area contributed by atoms with E-state index in [9.17, 15) is 4.39 Å². The number of allylic oxidation sites excluding steroid dienone is 8. The van der Waals surface area contributed by atoms with Gasteiger partial charge >= 0.3 is 0 Å². The first kappa shape index (κ1) is 19.1. The topological polar surface area (TPSA) is 0 Å². The molecule has 0 nitrogen and oxygen atoms in total.